The van der Waals surface area contributed by atoms with Crippen molar-refractivity contribution in [2.24, 2.45) is 5.73 Å². The Morgan fingerprint density at radius 2 is 1.54 bits per heavy atom. The van der Waals surface area contributed by atoms with Gasteiger partial charge in [-0.1, -0.05) is 0 Å². The molecule has 26 heavy (non-hydrogen) atoms. The number of halogens is 6. The smallest absolute Gasteiger partial charge is 0.416 e. The van der Waals surface area contributed by atoms with Gasteiger partial charge in [-0.3, -0.25) is 4.57 Å². The summed E-state index contributed by atoms with van der Waals surface area (Å²) in [6, 6.07) is 0.243. The van der Waals surface area contributed by atoms with Gasteiger partial charge in [0.1, 0.15) is 11.5 Å². The molecule has 1 atom stereocenters. The van der Waals surface area contributed by atoms with Gasteiger partial charge >= 0.3 is 19.9 Å². The number of alkyl halides is 6. The molecule has 0 bridgehead atoms. The van der Waals surface area contributed by atoms with E-state index in [4.69, 9.17) is 14.8 Å². The van der Waals surface area contributed by atoms with Gasteiger partial charge in [-0.15, -0.1) is 0 Å². The second kappa shape index (κ2) is 8.16. The van der Waals surface area contributed by atoms with Crippen LogP contribution in [0, 0.1) is 0 Å². The summed E-state index contributed by atoms with van der Waals surface area (Å²) < 4.78 is 106. The average molecular weight is 409 g/mol. The number of hydrogen-bond donors (Lipinski definition) is 1. The van der Waals surface area contributed by atoms with Gasteiger partial charge in [0.05, 0.1) is 31.5 Å². The second-order valence-electron chi connectivity index (χ2n) is 4.96. The highest BCUT2D eigenvalue weighted by atomic mass is 31.2. The summed E-state index contributed by atoms with van der Waals surface area (Å²) in [6.07, 6.45) is -10.3. The Kier molecular flexibility index (Phi) is 7.14. The van der Waals surface area contributed by atoms with Gasteiger partial charge in [-0.2, -0.15) is 26.3 Å². The van der Waals surface area contributed by atoms with Crippen molar-refractivity contribution >= 4 is 7.60 Å². The molecule has 150 valence electrons. The van der Waals surface area contributed by atoms with Crippen molar-refractivity contribution < 1.29 is 44.7 Å². The van der Waals surface area contributed by atoms with Crippen LogP contribution < -0.4 is 10.5 Å². The van der Waals surface area contributed by atoms with Crippen LogP contribution in [-0.4, -0.2) is 20.3 Å². The van der Waals surface area contributed by atoms with Gasteiger partial charge in [0.25, 0.3) is 0 Å². The van der Waals surface area contributed by atoms with Crippen molar-refractivity contribution in [3.8, 4) is 5.75 Å². The van der Waals surface area contributed by atoms with Crippen molar-refractivity contribution in [2.45, 2.75) is 32.0 Å². The number of methoxy groups -OCH3 is 1. The van der Waals surface area contributed by atoms with Gasteiger partial charge in [0, 0.05) is 5.56 Å². The monoisotopic (exact) mass is 409 g/mol. The third kappa shape index (κ3) is 4.91. The van der Waals surface area contributed by atoms with Crippen molar-refractivity contribution in [1.29, 1.82) is 0 Å². The molecule has 0 aromatic heterocycles. The highest BCUT2D eigenvalue weighted by molar-refractivity contribution is 7.54. The molecule has 1 aromatic carbocycles. The van der Waals surface area contributed by atoms with Crippen LogP contribution in [0.5, 0.6) is 5.75 Å². The molecule has 0 aliphatic heterocycles. The third-order valence-electron chi connectivity index (χ3n) is 3.25. The maximum absolute atomic E-state index is 13.4. The topological polar surface area (TPSA) is 70.8 Å². The van der Waals surface area contributed by atoms with Crippen LogP contribution in [0.25, 0.3) is 0 Å². The molecule has 12 heteroatoms. The van der Waals surface area contributed by atoms with E-state index in [-0.39, 0.29) is 19.3 Å². The maximum Gasteiger partial charge on any atom is 0.416 e. The summed E-state index contributed by atoms with van der Waals surface area (Å²) >= 11 is 0. The highest BCUT2D eigenvalue weighted by Crippen LogP contribution is 2.61. The Labute approximate surface area is 145 Å². The molecule has 0 saturated heterocycles. The predicted molar refractivity (Wildman–Crippen MR) is 80.8 cm³/mol. The lowest BCUT2D eigenvalue weighted by Crippen LogP contribution is -2.22. The van der Waals surface area contributed by atoms with Crippen LogP contribution in [0.2, 0.25) is 0 Å². The van der Waals surface area contributed by atoms with Crippen LogP contribution in [0.4, 0.5) is 26.3 Å². The van der Waals surface area contributed by atoms with E-state index >= 15 is 0 Å². The molecule has 0 saturated carbocycles. The van der Waals surface area contributed by atoms with E-state index < -0.39 is 48.2 Å². The lowest BCUT2D eigenvalue weighted by molar-refractivity contribution is -0.143. The molecule has 0 aliphatic rings. The molecule has 2 N–H and O–H groups in total. The van der Waals surface area contributed by atoms with Crippen LogP contribution in [0.3, 0.4) is 0 Å². The van der Waals surface area contributed by atoms with E-state index in [2.05, 4.69) is 4.74 Å². The lowest BCUT2D eigenvalue weighted by atomic mass is 10.0. The Bertz CT molecular complexity index is 667. The Morgan fingerprint density at radius 1 is 1.04 bits per heavy atom. The minimum Gasteiger partial charge on any atom is -0.496 e. The fourth-order valence-electron chi connectivity index (χ4n) is 2.21. The molecule has 0 radical (unpaired) electrons. The van der Waals surface area contributed by atoms with Gasteiger partial charge < -0.3 is 19.5 Å². The highest BCUT2D eigenvalue weighted by Gasteiger charge is 2.45. The normalized spacial score (nSPS) is 14.4. The molecule has 1 rings (SSSR count). The lowest BCUT2D eigenvalue weighted by Gasteiger charge is -2.27. The first-order chi connectivity index (χ1) is 11.8. The molecular formula is C14H18F6NO4P. The standard InChI is InChI=1S/C14H18F6NO4P/c1-4-24-26(22,25-5-2)12(21)11-9(14(18,19)20)6-8(13(15,16)17)7-10(11)23-3/h6-7,12H,4-5,21H2,1-3H3/t12-/m0/s1. The third-order valence-corrected chi connectivity index (χ3v) is 5.43. The summed E-state index contributed by atoms with van der Waals surface area (Å²) in [7, 11) is -3.44. The van der Waals surface area contributed by atoms with E-state index in [1.54, 1.807) is 0 Å². The summed E-state index contributed by atoms with van der Waals surface area (Å²) in [6.45, 7) is 2.42. The maximum atomic E-state index is 13.4. The number of ether oxygens (including phenoxy) is 1. The number of rotatable bonds is 7. The molecule has 0 unspecified atom stereocenters. The van der Waals surface area contributed by atoms with E-state index in [0.29, 0.717) is 6.07 Å². The summed E-state index contributed by atoms with van der Waals surface area (Å²) in [5.74, 6) is -2.82. The zero-order chi connectivity index (χ0) is 20.3. The molecule has 1 aromatic rings. The quantitative estimate of drug-likeness (QED) is 0.509. The molecule has 0 amide bonds. The molecular weight excluding hydrogens is 391 g/mol. The van der Waals surface area contributed by atoms with E-state index in [9.17, 15) is 30.9 Å². The van der Waals surface area contributed by atoms with Gasteiger partial charge in [-0.25, -0.2) is 0 Å². The predicted octanol–water partition coefficient (Wildman–Crippen LogP) is 4.96. The van der Waals surface area contributed by atoms with E-state index in [1.807, 2.05) is 0 Å². The Hall–Kier alpha value is -1.29. The number of hydrogen-bond acceptors (Lipinski definition) is 5. The SMILES string of the molecule is CCOP(=O)(OCC)[C@H](N)c1c(OC)cc(C(F)(F)F)cc1C(F)(F)F. The minimum absolute atomic E-state index is 0.111. The molecule has 0 fully saturated rings. The van der Waals surface area contributed by atoms with Crippen molar-refractivity contribution in [3.05, 3.63) is 28.8 Å². The summed E-state index contributed by atoms with van der Waals surface area (Å²) in [5, 5.41) is 0. The fraction of sp³-hybridized carbons (Fsp3) is 0.571. The zero-order valence-corrected chi connectivity index (χ0v) is 15.0. The largest absolute Gasteiger partial charge is 0.496 e. The van der Waals surface area contributed by atoms with Gasteiger partial charge in [-0.05, 0) is 26.0 Å². The van der Waals surface area contributed by atoms with Crippen molar-refractivity contribution in [2.75, 3.05) is 20.3 Å². The minimum atomic E-state index is -5.22. The van der Waals surface area contributed by atoms with Crippen LogP contribution >= 0.6 is 7.60 Å². The van der Waals surface area contributed by atoms with Gasteiger partial charge in [0.15, 0.2) is 0 Å². The molecule has 0 heterocycles. The zero-order valence-electron chi connectivity index (χ0n) is 14.1. The molecule has 5 nitrogen and oxygen atoms in total. The second-order valence-corrected chi connectivity index (χ2v) is 7.11. The fourth-order valence-corrected chi connectivity index (χ4v) is 3.91. The number of benzene rings is 1. The van der Waals surface area contributed by atoms with Crippen LogP contribution in [0.1, 0.15) is 36.3 Å². The molecule has 0 spiro atoms. The first kappa shape index (κ1) is 22.8. The van der Waals surface area contributed by atoms with Crippen LogP contribution in [-0.2, 0) is 26.0 Å². The summed E-state index contributed by atoms with van der Waals surface area (Å²) in [4.78, 5) is 0. The Morgan fingerprint density at radius 3 is 1.88 bits per heavy atom. The van der Waals surface area contributed by atoms with E-state index in [0.717, 1.165) is 7.11 Å². The van der Waals surface area contributed by atoms with Gasteiger partial charge in [0.2, 0.25) is 0 Å². The molecule has 0 aliphatic carbocycles. The van der Waals surface area contributed by atoms with Crippen molar-refractivity contribution in [1.82, 2.24) is 0 Å². The number of nitrogens with two attached hydrogens (primary N) is 1. The first-order valence-corrected chi connectivity index (χ1v) is 8.93. The Balaban J connectivity index is 3.75. The van der Waals surface area contributed by atoms with Crippen LogP contribution in [0.15, 0.2) is 12.1 Å². The first-order valence-electron chi connectivity index (χ1n) is 7.32. The van der Waals surface area contributed by atoms with Crippen molar-refractivity contribution in [3.63, 3.8) is 0 Å². The average Bonchev–Trinajstić information content (AvgIpc) is 2.51. The summed E-state index contributed by atoms with van der Waals surface area (Å²) in [5.41, 5.74) is 1.46. The van der Waals surface area contributed by atoms with E-state index in [1.165, 1.54) is 13.8 Å².